The van der Waals surface area contributed by atoms with Crippen LogP contribution in [0, 0.1) is 23.7 Å². The van der Waals surface area contributed by atoms with E-state index in [0.29, 0.717) is 18.8 Å². The highest BCUT2D eigenvalue weighted by atomic mass is 35.7. The fourth-order valence-electron chi connectivity index (χ4n) is 4.61. The van der Waals surface area contributed by atoms with Crippen LogP contribution in [-0.2, 0) is 9.05 Å². The molecule has 118 valence electrons. The van der Waals surface area contributed by atoms with Crippen LogP contribution < -0.4 is 5.11 Å². The first kappa shape index (κ1) is 16.5. The predicted octanol–water partition coefficient (Wildman–Crippen LogP) is 1.50. The molecule has 20 heavy (non-hydrogen) atoms. The summed E-state index contributed by atoms with van der Waals surface area (Å²) in [5.74, 6) is -0.330. The van der Waals surface area contributed by atoms with Gasteiger partial charge in [0.1, 0.15) is 0 Å². The Bertz CT molecular complexity index is 416. The topological polar surface area (TPSA) is 77.4 Å². The van der Waals surface area contributed by atoms with E-state index in [1.165, 1.54) is 0 Å². The van der Waals surface area contributed by atoms with Gasteiger partial charge in [-0.15, -0.1) is 6.61 Å². The maximum atomic E-state index is 12.4. The van der Waals surface area contributed by atoms with E-state index in [2.05, 4.69) is 6.92 Å². The van der Waals surface area contributed by atoms with Gasteiger partial charge in [0.25, 0.3) is 0 Å². The normalized spacial score (nSPS) is 42.8. The lowest BCUT2D eigenvalue weighted by Crippen LogP contribution is -2.55. The molecule has 0 aromatic rings. The minimum Gasteiger partial charge on any atom is -0.854 e. The monoisotopic (exact) mass is 323 g/mol. The van der Waals surface area contributed by atoms with Crippen LogP contribution in [0.5, 0.6) is 0 Å². The number of hydrogen-bond acceptors (Lipinski definition) is 4. The first-order chi connectivity index (χ1) is 9.37. The van der Waals surface area contributed by atoms with E-state index in [9.17, 15) is 18.6 Å². The van der Waals surface area contributed by atoms with Gasteiger partial charge in [-0.25, -0.2) is 8.42 Å². The Balaban J connectivity index is 2.44. The summed E-state index contributed by atoms with van der Waals surface area (Å²) in [4.78, 5) is 0. The van der Waals surface area contributed by atoms with Crippen LogP contribution in [-0.4, -0.2) is 31.5 Å². The molecule has 2 aliphatic carbocycles. The molecule has 0 bridgehead atoms. The molecule has 0 spiro atoms. The average Bonchev–Trinajstić information content (AvgIpc) is 2.78. The highest BCUT2D eigenvalue weighted by Gasteiger charge is 2.60. The Hall–Kier alpha value is 0.160. The highest BCUT2D eigenvalue weighted by molar-refractivity contribution is 8.14. The van der Waals surface area contributed by atoms with Gasteiger partial charge in [-0.3, -0.25) is 0 Å². The van der Waals surface area contributed by atoms with Gasteiger partial charge in [0.05, 0.1) is 4.75 Å². The first-order valence-electron chi connectivity index (χ1n) is 7.51. The van der Waals surface area contributed by atoms with Gasteiger partial charge in [0.2, 0.25) is 9.05 Å². The molecular formula is C14H24ClO4S-. The molecule has 2 fully saturated rings. The van der Waals surface area contributed by atoms with Gasteiger partial charge >= 0.3 is 0 Å². The molecule has 2 aliphatic rings. The first-order valence-corrected chi connectivity index (χ1v) is 9.82. The van der Waals surface area contributed by atoms with Crippen molar-refractivity contribution in [3.63, 3.8) is 0 Å². The Morgan fingerprint density at radius 1 is 1.15 bits per heavy atom. The van der Waals surface area contributed by atoms with E-state index in [0.717, 1.165) is 25.7 Å². The minimum atomic E-state index is -3.89. The van der Waals surface area contributed by atoms with Crippen LogP contribution in [0.25, 0.3) is 0 Å². The third-order valence-corrected chi connectivity index (χ3v) is 8.28. The summed E-state index contributed by atoms with van der Waals surface area (Å²) in [5, 5.41) is 21.2. The Labute approximate surface area is 125 Å². The number of halogens is 1. The minimum absolute atomic E-state index is 0.0835. The zero-order valence-corrected chi connectivity index (χ0v) is 13.5. The average molecular weight is 324 g/mol. The van der Waals surface area contributed by atoms with Crippen molar-refractivity contribution in [2.24, 2.45) is 23.7 Å². The van der Waals surface area contributed by atoms with Gasteiger partial charge < -0.3 is 10.2 Å². The maximum absolute atomic E-state index is 12.4. The summed E-state index contributed by atoms with van der Waals surface area (Å²) >= 11 is 0. The summed E-state index contributed by atoms with van der Waals surface area (Å²) in [6, 6.07) is 0. The van der Waals surface area contributed by atoms with Crippen LogP contribution in [0.4, 0.5) is 0 Å². The van der Waals surface area contributed by atoms with Crippen LogP contribution in [0.15, 0.2) is 0 Å². The molecule has 3 atom stereocenters. The standard InChI is InChI=1S/C14H24ClO4S/c1-10-2-4-11(5-3-10)14(20(15,18)19)12(8-16)6-7-13(14)9-17/h10-13,16H,2-9H2,1H3/q-1. The second-order valence-corrected chi connectivity index (χ2v) is 9.37. The van der Waals surface area contributed by atoms with Crippen molar-refractivity contribution in [1.82, 2.24) is 0 Å². The summed E-state index contributed by atoms with van der Waals surface area (Å²) in [5.41, 5.74) is 0. The zero-order valence-electron chi connectivity index (χ0n) is 11.9. The SMILES string of the molecule is CC1CCC(C2(S(=O)(=O)Cl)C(C[O-])CCC2CO)CC1. The fraction of sp³-hybridized carbons (Fsp3) is 1.00. The third kappa shape index (κ3) is 2.51. The third-order valence-electron chi connectivity index (χ3n) is 5.64. The lowest BCUT2D eigenvalue weighted by atomic mass is 9.69. The lowest BCUT2D eigenvalue weighted by Gasteiger charge is -2.46. The number of rotatable bonds is 4. The molecule has 0 aliphatic heterocycles. The van der Waals surface area contributed by atoms with Crippen LogP contribution in [0.1, 0.15) is 45.4 Å². The molecule has 2 saturated carbocycles. The van der Waals surface area contributed by atoms with Crippen molar-refractivity contribution in [2.45, 2.75) is 50.2 Å². The van der Waals surface area contributed by atoms with Crippen LogP contribution >= 0.6 is 10.7 Å². The van der Waals surface area contributed by atoms with Crippen molar-refractivity contribution in [2.75, 3.05) is 13.2 Å². The number of aliphatic hydroxyl groups excluding tert-OH is 1. The number of hydrogen-bond donors (Lipinski definition) is 1. The van der Waals surface area contributed by atoms with Crippen molar-refractivity contribution < 1.29 is 18.6 Å². The summed E-state index contributed by atoms with van der Waals surface area (Å²) in [6.45, 7) is 1.55. The largest absolute Gasteiger partial charge is 0.854 e. The molecule has 0 amide bonds. The van der Waals surface area contributed by atoms with Crippen LogP contribution in [0.2, 0.25) is 0 Å². The summed E-state index contributed by atoms with van der Waals surface area (Å²) in [6.07, 6.45) is 4.68. The molecule has 0 radical (unpaired) electrons. The highest BCUT2D eigenvalue weighted by Crippen LogP contribution is 2.55. The summed E-state index contributed by atoms with van der Waals surface area (Å²) < 4.78 is 23.6. The molecule has 0 aromatic carbocycles. The summed E-state index contributed by atoms with van der Waals surface area (Å²) in [7, 11) is 1.94. The van der Waals surface area contributed by atoms with Crippen molar-refractivity contribution >= 4 is 19.7 Å². The van der Waals surface area contributed by atoms with Gasteiger partial charge in [0, 0.05) is 23.2 Å². The van der Waals surface area contributed by atoms with Crippen molar-refractivity contribution in [3.05, 3.63) is 0 Å². The predicted molar refractivity (Wildman–Crippen MR) is 76.8 cm³/mol. The molecule has 6 heteroatoms. The fourth-order valence-corrected chi connectivity index (χ4v) is 7.55. The number of aliphatic hydroxyl groups is 1. The molecule has 0 aromatic heterocycles. The zero-order chi connectivity index (χ0) is 15.0. The van der Waals surface area contributed by atoms with Crippen molar-refractivity contribution in [3.8, 4) is 0 Å². The quantitative estimate of drug-likeness (QED) is 0.795. The molecule has 0 heterocycles. The Morgan fingerprint density at radius 3 is 2.15 bits per heavy atom. The van der Waals surface area contributed by atoms with Crippen LogP contribution in [0.3, 0.4) is 0 Å². The maximum Gasteiger partial charge on any atom is 0.239 e. The molecule has 2 rings (SSSR count). The van der Waals surface area contributed by atoms with Gasteiger partial charge in [-0.1, -0.05) is 19.8 Å². The van der Waals surface area contributed by atoms with Gasteiger partial charge in [0.15, 0.2) is 0 Å². The second-order valence-electron chi connectivity index (χ2n) is 6.57. The van der Waals surface area contributed by atoms with E-state index in [4.69, 9.17) is 10.7 Å². The molecule has 0 saturated heterocycles. The van der Waals surface area contributed by atoms with Gasteiger partial charge in [-0.2, -0.15) is 0 Å². The van der Waals surface area contributed by atoms with E-state index in [1.54, 1.807) is 0 Å². The Morgan fingerprint density at radius 2 is 1.70 bits per heavy atom. The molecular weight excluding hydrogens is 300 g/mol. The van der Waals surface area contributed by atoms with E-state index < -0.39 is 26.3 Å². The molecule has 3 unspecified atom stereocenters. The molecule has 1 N–H and O–H groups in total. The van der Waals surface area contributed by atoms with E-state index in [-0.39, 0.29) is 18.4 Å². The van der Waals surface area contributed by atoms with E-state index in [1.807, 2.05) is 0 Å². The van der Waals surface area contributed by atoms with Crippen molar-refractivity contribution in [1.29, 1.82) is 0 Å². The van der Waals surface area contributed by atoms with E-state index >= 15 is 0 Å². The second kappa shape index (κ2) is 6.11. The smallest absolute Gasteiger partial charge is 0.239 e. The molecule has 4 nitrogen and oxygen atoms in total. The lowest BCUT2D eigenvalue weighted by molar-refractivity contribution is -0.381. The Kier molecular flexibility index (Phi) is 5.05. The van der Waals surface area contributed by atoms with Gasteiger partial charge in [-0.05, 0) is 43.4 Å².